The van der Waals surface area contributed by atoms with Crippen LogP contribution in [0.2, 0.25) is 0 Å². The fourth-order valence-corrected chi connectivity index (χ4v) is 16.6. The van der Waals surface area contributed by atoms with E-state index in [1.807, 2.05) is 0 Å². The molecule has 2 aliphatic rings. The van der Waals surface area contributed by atoms with Gasteiger partial charge in [0.15, 0.2) is 5.96 Å². The molecule has 0 saturated carbocycles. The largest absolute Gasteiger partial charge is 0.481 e. The number of nitrogens with zero attached hydrogens (tertiary/aromatic N) is 2. The van der Waals surface area contributed by atoms with Gasteiger partial charge in [0.1, 0.15) is 79.1 Å². The number of carbonyl (C=O) groups excluding carboxylic acids is 18. The van der Waals surface area contributed by atoms with Gasteiger partial charge in [0.05, 0.1) is 57.6 Å². The molecule has 2 fully saturated rings. The van der Waals surface area contributed by atoms with Gasteiger partial charge in [-0.1, -0.05) is 145 Å². The molecule has 51 nitrogen and oxygen atoms in total. The Kier molecular flexibility index (Phi) is 57.1. The first-order valence-electron chi connectivity index (χ1n) is 51.0. The number of carboxylic acid groups (broad SMARTS) is 2. The minimum atomic E-state index is -1.82. The molecule has 51 heteroatoms. The smallest absolute Gasteiger partial charge is 0.326 e. The van der Waals surface area contributed by atoms with E-state index in [9.17, 15) is 96.8 Å². The normalized spacial score (nSPS) is 18.2. The molecular weight excluding hydrogens is 1940 g/mol. The third-order valence-electron chi connectivity index (χ3n) is 24.8. The number of hydrogen-bond donors (Lipinski definition) is 27. The molecule has 149 heavy (non-hydrogen) atoms. The number of aliphatic hydroxyl groups excluding tert-OH is 2. The van der Waals surface area contributed by atoms with Crippen LogP contribution in [0.15, 0.2) is 73.3 Å². The van der Waals surface area contributed by atoms with Crippen molar-refractivity contribution in [2.45, 2.75) is 304 Å². The third kappa shape index (κ3) is 48.5. The highest BCUT2D eigenvalue weighted by Crippen LogP contribution is 2.25. The molecule has 4 aromatic rings. The van der Waals surface area contributed by atoms with Crippen molar-refractivity contribution in [3.8, 4) is 0 Å². The zero-order valence-electron chi connectivity index (χ0n) is 84.4. The molecule has 6 rings (SSSR count). The number of aromatic amines is 2. The van der Waals surface area contributed by atoms with E-state index in [1.165, 1.54) is 31.8 Å². The summed E-state index contributed by atoms with van der Waals surface area (Å²) in [4.78, 5) is 283. The first kappa shape index (κ1) is 123. The summed E-state index contributed by atoms with van der Waals surface area (Å²) in [5.41, 5.74) is 25.1. The van der Waals surface area contributed by atoms with E-state index < -0.39 is 275 Å². The van der Waals surface area contributed by atoms with Crippen molar-refractivity contribution in [2.75, 3.05) is 78.8 Å². The van der Waals surface area contributed by atoms with E-state index in [0.29, 0.717) is 34.9 Å². The van der Waals surface area contributed by atoms with Crippen LogP contribution in [-0.2, 0) is 125 Å². The first-order chi connectivity index (χ1) is 71.4. The summed E-state index contributed by atoms with van der Waals surface area (Å²) in [6.07, 6.45) is 14.6. The minimum absolute atomic E-state index is 0.0130. The number of nitrogens with two attached hydrogens (primary N) is 4. The number of carbonyl (C=O) groups is 20. The molecular formula is C98H151N25O26. The van der Waals surface area contributed by atoms with Gasteiger partial charge in [-0.15, -0.1) is 0 Å². The standard InChI is InChI=1S/C98H151N25O26/c1-2-3-29-67(87(136)118-70-36-39-80(128)105-41-24-23-31-66(86(101)135)114-91(140)73(48-61-52-108-65-30-22-21-28-64(61)65)119-88(137)68(32-25-42-107-98(102)103)115-90(139)72(47-60-26-17-16-18-27-60)121-95(144)77-50-63(125)56-123(77)96(70)145)116-93(142)75(51-99)122-92(141)74(49-62-53-104-59-111-62)120-89(138)69(35-38-78(100)126)117-94(143)76(57-124)113-83(131)55-110-84(132)58-149-46-45-148-44-43-106-81(129)40-37-71(97(146)147)112-82(130)54-109-79(127)33-19-14-12-10-8-6-4-5-7-9-11-13-15-20-34-85(133)134/h16-18,21-22,26-28,30,52-53,59,63,66-77,108,124-125H,2-15,19-20,23-25,29,31-51,54-58,99H2,1H3,(H2,100,126)(H2,101,135)(H,104,111)(H,105,128)(H,106,129)(H,109,127)(H,110,132)(H,112,130)(H,113,131)(H,114,140)(H,115,139)(H,116,142)(H,117,143)(H,118,136)(H,119,137)(H,120,138)(H,121,144)(H,122,141)(H,133,134)(H,146,147)(H4,102,103,107)/t63-,66+,67+,68+,69+,70+,71+,72-,73+,74+,75+,76+,77+/m1/s1. The van der Waals surface area contributed by atoms with Crippen LogP contribution in [-0.4, -0.2) is 322 Å². The van der Waals surface area contributed by atoms with Crippen molar-refractivity contribution >= 4 is 135 Å². The SMILES string of the molecule is CCCC[C@H](NC(=O)[C@H](CN)NC(=O)[C@H](Cc1c[nH]cn1)NC(=O)[C@H](CCC(N)=O)NC(=O)[C@H](CO)NC(=O)CNC(=O)COCCOCCNC(=O)CC[C@H](NC(=O)CNC(=O)CCCCCCCCCCCCCCCCC(=O)O)C(=O)O)C(=O)N[C@H]1CCC(=O)NCCCC[C@@H](C(N)=O)NC(=O)[C@H](Cc2c[nH]c3ccccc23)NC(=O)[C@H](CCCNC(=N)N)NC(=O)[C@@H](Cc2ccccc2)NC(=O)[C@@H]2C[C@@H](O)CN2C1=O. The monoisotopic (exact) mass is 2090 g/mol. The first-order valence-corrected chi connectivity index (χ1v) is 51.0. The molecule has 13 atom stereocenters. The molecule has 2 aromatic carbocycles. The molecule has 18 amide bonds. The number of aliphatic carboxylic acids is 2. The Morgan fingerprint density at radius 1 is 0.537 bits per heavy atom. The number of H-pyrrole nitrogens is 2. The predicted octanol–water partition coefficient (Wildman–Crippen LogP) is -3.98. The molecule has 4 heterocycles. The quantitative estimate of drug-likeness (QED) is 0.0114. The summed E-state index contributed by atoms with van der Waals surface area (Å²) in [6.45, 7) is -2.61. The second kappa shape index (κ2) is 69.0. The lowest BCUT2D eigenvalue weighted by molar-refractivity contribution is -0.143. The van der Waals surface area contributed by atoms with Crippen LogP contribution in [0, 0.1) is 5.41 Å². The lowest BCUT2D eigenvalue weighted by Gasteiger charge is -2.31. The van der Waals surface area contributed by atoms with Gasteiger partial charge >= 0.3 is 11.9 Å². The number of rotatable bonds is 64. The maximum atomic E-state index is 15.4. The van der Waals surface area contributed by atoms with Crippen molar-refractivity contribution in [2.24, 2.45) is 22.9 Å². The third-order valence-corrected chi connectivity index (χ3v) is 24.8. The average molecular weight is 2100 g/mol. The molecule has 0 unspecified atom stereocenters. The summed E-state index contributed by atoms with van der Waals surface area (Å²) in [5.74, 6) is -18.8. The van der Waals surface area contributed by atoms with Crippen molar-refractivity contribution < 1.29 is 126 Å². The molecule has 2 saturated heterocycles. The summed E-state index contributed by atoms with van der Waals surface area (Å²) < 4.78 is 10.7. The second-order valence-electron chi connectivity index (χ2n) is 36.8. The van der Waals surface area contributed by atoms with E-state index in [1.54, 1.807) is 67.7 Å². The van der Waals surface area contributed by atoms with Crippen LogP contribution < -0.4 is 108 Å². The number of amides is 18. The van der Waals surface area contributed by atoms with Gasteiger partial charge < -0.3 is 153 Å². The van der Waals surface area contributed by atoms with Crippen molar-refractivity contribution in [1.29, 1.82) is 5.41 Å². The molecule has 0 bridgehead atoms. The highest BCUT2D eigenvalue weighted by molar-refractivity contribution is 6.01. The van der Waals surface area contributed by atoms with E-state index >= 15 is 14.4 Å². The molecule has 824 valence electrons. The Hall–Kier alpha value is -14.3. The number of ether oxygens (including phenoxy) is 2. The zero-order chi connectivity index (χ0) is 109. The Balaban J connectivity index is 1.02. The van der Waals surface area contributed by atoms with Crippen LogP contribution in [0.1, 0.15) is 223 Å². The fraction of sp³-hybridized carbons (Fsp3) is 0.612. The zero-order valence-corrected chi connectivity index (χ0v) is 84.4. The molecule has 0 radical (unpaired) electrons. The Morgan fingerprint density at radius 3 is 1.73 bits per heavy atom. The molecule has 0 spiro atoms. The molecule has 2 aromatic heterocycles. The number of para-hydroxylation sites is 1. The van der Waals surface area contributed by atoms with Gasteiger partial charge in [-0.2, -0.15) is 0 Å². The summed E-state index contributed by atoms with van der Waals surface area (Å²) >= 11 is 0. The number of imidazole rings is 1. The summed E-state index contributed by atoms with van der Waals surface area (Å²) in [6, 6.07) is -3.53. The number of hydrogen-bond acceptors (Lipinski definition) is 27. The van der Waals surface area contributed by atoms with Gasteiger partial charge in [0.2, 0.25) is 106 Å². The lowest BCUT2D eigenvalue weighted by atomic mass is 10.0. The van der Waals surface area contributed by atoms with Crippen LogP contribution in [0.5, 0.6) is 0 Å². The minimum Gasteiger partial charge on any atom is -0.481 e. The molecule has 2 aliphatic heterocycles. The second-order valence-corrected chi connectivity index (χ2v) is 36.8. The number of aliphatic hydroxyl groups is 2. The number of aromatic nitrogens is 3. The lowest BCUT2D eigenvalue weighted by Crippen LogP contribution is -2.62. The maximum Gasteiger partial charge on any atom is 0.326 e. The van der Waals surface area contributed by atoms with Crippen LogP contribution in [0.4, 0.5) is 0 Å². The average Bonchev–Trinajstić information content (AvgIpc) is 1.68. The highest BCUT2D eigenvalue weighted by atomic mass is 16.5. The van der Waals surface area contributed by atoms with Gasteiger partial charge in [0.25, 0.3) is 0 Å². The van der Waals surface area contributed by atoms with Crippen molar-refractivity contribution in [3.05, 3.63) is 90.1 Å². The number of primary amides is 2. The number of unbranched alkanes of at least 4 members (excludes halogenated alkanes) is 14. The van der Waals surface area contributed by atoms with Gasteiger partial charge in [-0.05, 0) is 87.8 Å². The van der Waals surface area contributed by atoms with E-state index in [0.717, 1.165) is 69.1 Å². The molecule has 0 aliphatic carbocycles. The van der Waals surface area contributed by atoms with E-state index in [2.05, 4.69) is 100 Å². The number of fused-ring (bicyclic) bond motifs is 2. The predicted molar refractivity (Wildman–Crippen MR) is 539 cm³/mol. The molecule has 31 N–H and O–H groups in total. The summed E-state index contributed by atoms with van der Waals surface area (Å²) in [5, 5.41) is 89.1. The number of guanidine groups is 1. The number of carboxylic acids is 2. The summed E-state index contributed by atoms with van der Waals surface area (Å²) in [7, 11) is 0. The van der Waals surface area contributed by atoms with E-state index in [4.69, 9.17) is 42.9 Å². The fourth-order valence-electron chi connectivity index (χ4n) is 16.6. The highest BCUT2D eigenvalue weighted by Gasteiger charge is 2.45. The Bertz CT molecular complexity index is 5010. The van der Waals surface area contributed by atoms with Crippen LogP contribution in [0.3, 0.4) is 0 Å². The Labute approximate surface area is 863 Å². The van der Waals surface area contributed by atoms with Gasteiger partial charge in [0, 0.05) is 114 Å². The van der Waals surface area contributed by atoms with Crippen molar-refractivity contribution in [3.63, 3.8) is 0 Å². The topological polar surface area (TPSA) is 809 Å². The van der Waals surface area contributed by atoms with E-state index in [-0.39, 0.29) is 135 Å². The van der Waals surface area contributed by atoms with Crippen LogP contribution >= 0.6 is 0 Å². The maximum absolute atomic E-state index is 15.4. The number of nitrogens with one attached hydrogen (secondary N) is 19. The van der Waals surface area contributed by atoms with Crippen LogP contribution in [0.25, 0.3) is 10.9 Å². The van der Waals surface area contributed by atoms with Gasteiger partial charge in [-0.3, -0.25) is 96.5 Å². The van der Waals surface area contributed by atoms with Gasteiger partial charge in [-0.25, -0.2) is 9.78 Å². The Morgan fingerprint density at radius 2 is 1.10 bits per heavy atom. The number of benzene rings is 2. The van der Waals surface area contributed by atoms with Crippen molar-refractivity contribution in [1.82, 2.24) is 105 Å².